The van der Waals surface area contributed by atoms with Crippen molar-refractivity contribution in [3.63, 3.8) is 0 Å². The minimum Gasteiger partial charge on any atom is -0.455 e. The summed E-state index contributed by atoms with van der Waals surface area (Å²) in [4.78, 5) is 23.9. The molecule has 1 aromatic heterocycles. The molecular formula is C20H17ClFN3O3. The summed E-state index contributed by atoms with van der Waals surface area (Å²) in [6.45, 7) is -0.0516. The Morgan fingerprint density at radius 2 is 1.86 bits per heavy atom. The van der Waals surface area contributed by atoms with Crippen molar-refractivity contribution in [3.05, 3.63) is 82.8 Å². The molecule has 0 aliphatic carbocycles. The van der Waals surface area contributed by atoms with E-state index < -0.39 is 18.5 Å². The van der Waals surface area contributed by atoms with Crippen LogP contribution in [0.2, 0.25) is 5.02 Å². The quantitative estimate of drug-likeness (QED) is 0.615. The van der Waals surface area contributed by atoms with E-state index in [-0.39, 0.29) is 12.2 Å². The van der Waals surface area contributed by atoms with Crippen molar-refractivity contribution in [3.8, 4) is 0 Å². The highest BCUT2D eigenvalue weighted by Crippen LogP contribution is 2.18. The van der Waals surface area contributed by atoms with Crippen LogP contribution in [0, 0.1) is 5.82 Å². The van der Waals surface area contributed by atoms with Gasteiger partial charge in [0.25, 0.3) is 5.91 Å². The van der Waals surface area contributed by atoms with E-state index >= 15 is 0 Å². The number of nitrogens with zero attached hydrogens (tertiary/aromatic N) is 2. The second-order valence-electron chi connectivity index (χ2n) is 5.98. The molecule has 0 unspecified atom stereocenters. The van der Waals surface area contributed by atoms with Gasteiger partial charge >= 0.3 is 5.97 Å². The zero-order valence-corrected chi connectivity index (χ0v) is 15.5. The van der Waals surface area contributed by atoms with Crippen molar-refractivity contribution >= 4 is 29.3 Å². The van der Waals surface area contributed by atoms with E-state index in [1.807, 2.05) is 18.2 Å². The molecule has 0 spiro atoms. The van der Waals surface area contributed by atoms with Gasteiger partial charge in [0, 0.05) is 11.1 Å². The first-order valence-corrected chi connectivity index (χ1v) is 8.84. The predicted octanol–water partition coefficient (Wildman–Crippen LogP) is 3.45. The molecule has 0 fully saturated rings. The van der Waals surface area contributed by atoms with Gasteiger partial charge < -0.3 is 10.1 Å². The summed E-state index contributed by atoms with van der Waals surface area (Å²) in [6, 6.07) is 14.5. The monoisotopic (exact) mass is 401 g/mol. The molecule has 1 N–H and O–H groups in total. The maximum Gasteiger partial charge on any atom is 0.310 e. The van der Waals surface area contributed by atoms with Gasteiger partial charge in [-0.2, -0.15) is 5.10 Å². The average Bonchev–Trinajstić information content (AvgIpc) is 3.10. The lowest BCUT2D eigenvalue weighted by Crippen LogP contribution is -2.23. The van der Waals surface area contributed by atoms with Gasteiger partial charge in [-0.25, -0.2) is 9.07 Å². The fourth-order valence-electron chi connectivity index (χ4n) is 2.50. The molecule has 144 valence electrons. The van der Waals surface area contributed by atoms with Gasteiger partial charge in [-0.1, -0.05) is 41.9 Å². The van der Waals surface area contributed by atoms with E-state index in [0.717, 1.165) is 5.56 Å². The molecule has 0 bridgehead atoms. The smallest absolute Gasteiger partial charge is 0.310 e. The number of ether oxygens (including phenoxy) is 1. The number of nitrogens with one attached hydrogen (secondary N) is 1. The van der Waals surface area contributed by atoms with Crippen LogP contribution in [0.25, 0.3) is 0 Å². The minimum atomic E-state index is -0.577. The lowest BCUT2D eigenvalue weighted by Gasteiger charge is -2.10. The maximum atomic E-state index is 12.9. The largest absolute Gasteiger partial charge is 0.455 e. The topological polar surface area (TPSA) is 73.2 Å². The molecule has 1 heterocycles. The van der Waals surface area contributed by atoms with Crippen molar-refractivity contribution in [1.29, 1.82) is 0 Å². The Kier molecular flexibility index (Phi) is 6.39. The normalized spacial score (nSPS) is 10.5. The lowest BCUT2D eigenvalue weighted by atomic mass is 10.1. The number of aromatic nitrogens is 2. The number of esters is 1. The summed E-state index contributed by atoms with van der Waals surface area (Å²) in [5, 5.41) is 7.42. The molecule has 0 saturated carbocycles. The molecule has 0 aliphatic heterocycles. The van der Waals surface area contributed by atoms with Gasteiger partial charge in [0.1, 0.15) is 11.6 Å². The summed E-state index contributed by atoms with van der Waals surface area (Å²) in [5.41, 5.74) is 1.46. The number of rotatable bonds is 7. The second kappa shape index (κ2) is 9.14. The first-order valence-electron chi connectivity index (χ1n) is 8.46. The number of hydrogen-bond donors (Lipinski definition) is 1. The Hall–Kier alpha value is -3.19. The van der Waals surface area contributed by atoms with Gasteiger partial charge in [-0.15, -0.1) is 0 Å². The molecule has 8 heteroatoms. The van der Waals surface area contributed by atoms with Crippen molar-refractivity contribution in [2.75, 3.05) is 11.9 Å². The van der Waals surface area contributed by atoms with Crippen LogP contribution in [0.4, 0.5) is 10.2 Å². The molecule has 0 saturated heterocycles. The zero-order chi connectivity index (χ0) is 19.9. The number of benzene rings is 2. The van der Waals surface area contributed by atoms with E-state index in [9.17, 15) is 14.0 Å². The first-order chi connectivity index (χ1) is 13.5. The van der Waals surface area contributed by atoms with Gasteiger partial charge in [-0.05, 0) is 29.3 Å². The Labute approximate surface area is 165 Å². The van der Waals surface area contributed by atoms with Crippen LogP contribution >= 0.6 is 11.6 Å². The van der Waals surface area contributed by atoms with E-state index in [2.05, 4.69) is 10.4 Å². The van der Waals surface area contributed by atoms with Crippen LogP contribution in [0.1, 0.15) is 11.1 Å². The third-order valence-electron chi connectivity index (χ3n) is 3.89. The number of carbonyl (C=O) groups is 2. The van der Waals surface area contributed by atoms with Crippen LogP contribution in [-0.2, 0) is 27.3 Å². The Balaban J connectivity index is 1.51. The van der Waals surface area contributed by atoms with Crippen LogP contribution in [-0.4, -0.2) is 28.3 Å². The fraction of sp³-hybridized carbons (Fsp3) is 0.150. The van der Waals surface area contributed by atoms with Gasteiger partial charge in [-0.3, -0.25) is 9.59 Å². The number of carbonyl (C=O) groups excluding carboxylic acids is 2. The lowest BCUT2D eigenvalue weighted by molar-refractivity contribution is -0.146. The van der Waals surface area contributed by atoms with Crippen LogP contribution < -0.4 is 5.32 Å². The molecule has 0 atom stereocenters. The standard InChI is InChI=1S/C20H17ClFN3O3/c21-17-4-2-1-3-15(17)12-25-18(9-10-23-25)24-19(26)13-28-20(27)11-14-5-7-16(22)8-6-14/h1-10H,11-13H2,(H,24,26). The number of hydrogen-bond acceptors (Lipinski definition) is 4. The van der Waals surface area contributed by atoms with Crippen LogP contribution in [0.15, 0.2) is 60.8 Å². The van der Waals surface area contributed by atoms with Crippen molar-refractivity contribution in [1.82, 2.24) is 9.78 Å². The number of anilines is 1. The van der Waals surface area contributed by atoms with E-state index in [4.69, 9.17) is 16.3 Å². The Morgan fingerprint density at radius 1 is 1.11 bits per heavy atom. The second-order valence-corrected chi connectivity index (χ2v) is 6.38. The summed E-state index contributed by atoms with van der Waals surface area (Å²) in [6.07, 6.45) is 1.50. The highest BCUT2D eigenvalue weighted by Gasteiger charge is 2.12. The Morgan fingerprint density at radius 3 is 2.61 bits per heavy atom. The summed E-state index contributed by atoms with van der Waals surface area (Å²) in [5.74, 6) is -0.996. The molecular weight excluding hydrogens is 385 g/mol. The summed E-state index contributed by atoms with van der Waals surface area (Å²) < 4.78 is 19.4. The molecule has 0 aliphatic rings. The number of halogens is 2. The highest BCUT2D eigenvalue weighted by molar-refractivity contribution is 6.31. The third kappa shape index (κ3) is 5.40. The minimum absolute atomic E-state index is 0.0437. The van der Waals surface area contributed by atoms with Crippen molar-refractivity contribution in [2.24, 2.45) is 0 Å². The molecule has 1 amide bonds. The summed E-state index contributed by atoms with van der Waals surface area (Å²) >= 11 is 6.15. The van der Waals surface area contributed by atoms with E-state index in [0.29, 0.717) is 22.9 Å². The first kappa shape index (κ1) is 19.6. The highest BCUT2D eigenvalue weighted by atomic mass is 35.5. The van der Waals surface area contributed by atoms with Gasteiger partial charge in [0.2, 0.25) is 0 Å². The SMILES string of the molecule is O=C(COC(=O)Cc1ccc(F)cc1)Nc1ccnn1Cc1ccccc1Cl. The maximum absolute atomic E-state index is 12.9. The van der Waals surface area contributed by atoms with Gasteiger partial charge in [0.15, 0.2) is 6.61 Å². The van der Waals surface area contributed by atoms with Crippen molar-refractivity contribution in [2.45, 2.75) is 13.0 Å². The van der Waals surface area contributed by atoms with Gasteiger partial charge in [0.05, 0.1) is 19.2 Å². The van der Waals surface area contributed by atoms with Crippen molar-refractivity contribution < 1.29 is 18.7 Å². The predicted molar refractivity (Wildman–Crippen MR) is 102 cm³/mol. The fourth-order valence-corrected chi connectivity index (χ4v) is 2.69. The number of amides is 1. The Bertz CT molecular complexity index is 973. The average molecular weight is 402 g/mol. The molecule has 0 radical (unpaired) electrons. The third-order valence-corrected chi connectivity index (χ3v) is 4.26. The molecule has 28 heavy (non-hydrogen) atoms. The van der Waals surface area contributed by atoms with Crippen LogP contribution in [0.5, 0.6) is 0 Å². The molecule has 6 nitrogen and oxygen atoms in total. The molecule has 2 aromatic carbocycles. The van der Waals surface area contributed by atoms with Crippen LogP contribution in [0.3, 0.4) is 0 Å². The summed E-state index contributed by atoms with van der Waals surface area (Å²) in [7, 11) is 0. The molecule has 3 aromatic rings. The zero-order valence-electron chi connectivity index (χ0n) is 14.8. The molecule has 3 rings (SSSR count). The van der Waals surface area contributed by atoms with E-state index in [1.165, 1.54) is 24.3 Å². The van der Waals surface area contributed by atoms with E-state index in [1.54, 1.807) is 23.0 Å².